The van der Waals surface area contributed by atoms with E-state index in [-0.39, 0.29) is 6.42 Å². The van der Waals surface area contributed by atoms with Crippen LogP contribution >= 0.6 is 0 Å². The van der Waals surface area contributed by atoms with Gasteiger partial charge in [-0.3, -0.25) is 4.79 Å². The number of carboxylic acid groups (broad SMARTS) is 1. The number of ether oxygens (including phenoxy) is 1. The Labute approximate surface area is 90.1 Å². The maximum absolute atomic E-state index is 11.6. The van der Waals surface area contributed by atoms with Crippen molar-refractivity contribution in [2.75, 3.05) is 12.5 Å². The smallest absolute Gasteiger partial charge is 0.411 e. The molecule has 0 aliphatic carbocycles. The summed E-state index contributed by atoms with van der Waals surface area (Å²) in [7, 11) is -4.22. The number of rotatable bonds is 6. The number of carbonyl (C=O) groups is 1. The van der Waals surface area contributed by atoms with Crippen LogP contribution in [0.2, 0.25) is 0 Å². The van der Waals surface area contributed by atoms with E-state index in [2.05, 4.69) is 4.74 Å². The molecule has 0 amide bonds. The molecule has 0 aromatic heterocycles. The van der Waals surface area contributed by atoms with E-state index in [0.717, 1.165) is 0 Å². The highest BCUT2D eigenvalue weighted by Gasteiger charge is 2.33. The van der Waals surface area contributed by atoms with Gasteiger partial charge in [0.1, 0.15) is 12.5 Å². The quantitative estimate of drug-likeness (QED) is 0.767. The van der Waals surface area contributed by atoms with Gasteiger partial charge in [-0.1, -0.05) is 6.92 Å². The van der Waals surface area contributed by atoms with E-state index in [0.29, 0.717) is 0 Å². The van der Waals surface area contributed by atoms with E-state index in [1.54, 1.807) is 0 Å². The van der Waals surface area contributed by atoms with Crippen LogP contribution in [0, 0.1) is 0 Å². The largest absolute Gasteiger partial charge is 0.480 e. The third-order valence-corrected chi connectivity index (χ3v) is 3.49. The van der Waals surface area contributed by atoms with Crippen LogP contribution in [0.5, 0.6) is 0 Å². The van der Waals surface area contributed by atoms with E-state index in [4.69, 9.17) is 5.11 Å². The Morgan fingerprint density at radius 1 is 1.44 bits per heavy atom. The highest BCUT2D eigenvalue weighted by molar-refractivity contribution is 7.92. The molecule has 0 aromatic carbocycles. The highest BCUT2D eigenvalue weighted by atomic mass is 32.2. The van der Waals surface area contributed by atoms with E-state index in [9.17, 15) is 26.4 Å². The molecule has 16 heavy (non-hydrogen) atoms. The molecule has 0 aliphatic rings. The zero-order chi connectivity index (χ0) is 13.0. The van der Waals surface area contributed by atoms with E-state index in [1.807, 2.05) is 0 Å². The van der Waals surface area contributed by atoms with Crippen molar-refractivity contribution in [1.29, 1.82) is 0 Å². The molecule has 0 aromatic rings. The van der Waals surface area contributed by atoms with E-state index < -0.39 is 39.8 Å². The molecule has 1 N–H and O–H groups in total. The Balaban J connectivity index is 4.41. The van der Waals surface area contributed by atoms with Crippen molar-refractivity contribution < 1.29 is 36.2 Å². The molecular formula is C7H11F3O5S. The summed E-state index contributed by atoms with van der Waals surface area (Å²) in [5, 5.41) is 6.78. The van der Waals surface area contributed by atoms with Crippen molar-refractivity contribution in [2.45, 2.75) is 24.8 Å². The first-order chi connectivity index (χ1) is 7.10. The SMILES string of the molecule is CCC(C(=O)O)S(=O)(=O)COCC(F)(F)F. The maximum Gasteiger partial charge on any atom is 0.411 e. The summed E-state index contributed by atoms with van der Waals surface area (Å²) in [5.74, 6) is -2.85. The summed E-state index contributed by atoms with van der Waals surface area (Å²) in [6.07, 6.45) is -4.87. The van der Waals surface area contributed by atoms with Crippen LogP contribution in [0.3, 0.4) is 0 Å². The first-order valence-electron chi connectivity index (χ1n) is 4.19. The molecular weight excluding hydrogens is 253 g/mol. The van der Waals surface area contributed by atoms with Crippen LogP contribution in [0.4, 0.5) is 13.2 Å². The number of sulfone groups is 1. The van der Waals surface area contributed by atoms with Gasteiger partial charge in [0, 0.05) is 0 Å². The summed E-state index contributed by atoms with van der Waals surface area (Å²) < 4.78 is 61.3. The Bertz CT molecular complexity index is 334. The Kier molecular flexibility index (Phi) is 5.20. The average molecular weight is 264 g/mol. The van der Waals surface area contributed by atoms with Crippen LogP contribution in [-0.2, 0) is 19.4 Å². The first kappa shape index (κ1) is 15.2. The lowest BCUT2D eigenvalue weighted by Crippen LogP contribution is -2.33. The van der Waals surface area contributed by atoms with Crippen molar-refractivity contribution in [3.8, 4) is 0 Å². The van der Waals surface area contributed by atoms with Crippen molar-refractivity contribution in [3.63, 3.8) is 0 Å². The van der Waals surface area contributed by atoms with Crippen LogP contribution in [0.1, 0.15) is 13.3 Å². The molecule has 0 heterocycles. The predicted octanol–water partition coefficient (Wildman–Crippen LogP) is 0.801. The Morgan fingerprint density at radius 2 is 1.94 bits per heavy atom. The van der Waals surface area contributed by atoms with Crippen LogP contribution in [0.15, 0.2) is 0 Å². The normalized spacial score (nSPS) is 14.8. The lowest BCUT2D eigenvalue weighted by molar-refractivity contribution is -0.169. The maximum atomic E-state index is 11.6. The van der Waals surface area contributed by atoms with Gasteiger partial charge >= 0.3 is 12.1 Å². The van der Waals surface area contributed by atoms with Gasteiger partial charge in [0.2, 0.25) is 0 Å². The Morgan fingerprint density at radius 3 is 2.25 bits per heavy atom. The summed E-state index contributed by atoms with van der Waals surface area (Å²) in [6, 6.07) is 0. The molecule has 9 heteroatoms. The fraction of sp³-hybridized carbons (Fsp3) is 0.857. The molecule has 0 saturated carbocycles. The summed E-state index contributed by atoms with van der Waals surface area (Å²) in [5.41, 5.74) is 0. The number of carboxylic acids is 1. The molecule has 1 atom stereocenters. The second-order valence-corrected chi connectivity index (χ2v) is 5.11. The fourth-order valence-corrected chi connectivity index (χ4v) is 2.23. The number of hydrogen-bond donors (Lipinski definition) is 1. The van der Waals surface area contributed by atoms with Crippen LogP contribution in [-0.4, -0.2) is 43.5 Å². The zero-order valence-corrected chi connectivity index (χ0v) is 9.14. The standard InChI is InChI=1S/C7H11F3O5S/c1-2-5(6(11)12)16(13,14)4-15-3-7(8,9)10/h5H,2-4H2,1H3,(H,11,12). The molecule has 0 fully saturated rings. The van der Waals surface area contributed by atoms with Gasteiger partial charge in [0.25, 0.3) is 0 Å². The highest BCUT2D eigenvalue weighted by Crippen LogP contribution is 2.16. The van der Waals surface area contributed by atoms with Crippen LogP contribution < -0.4 is 0 Å². The van der Waals surface area contributed by atoms with Gasteiger partial charge in [-0.2, -0.15) is 13.2 Å². The fourth-order valence-electron chi connectivity index (χ4n) is 0.938. The van der Waals surface area contributed by atoms with E-state index in [1.165, 1.54) is 6.92 Å². The molecule has 5 nitrogen and oxygen atoms in total. The number of alkyl halides is 3. The third-order valence-electron chi connectivity index (χ3n) is 1.59. The van der Waals surface area contributed by atoms with Gasteiger partial charge in [-0.25, -0.2) is 8.42 Å². The predicted molar refractivity (Wildman–Crippen MR) is 47.5 cm³/mol. The third kappa shape index (κ3) is 5.31. The van der Waals surface area contributed by atoms with Gasteiger partial charge in [-0.05, 0) is 6.42 Å². The number of halogens is 3. The first-order valence-corrected chi connectivity index (χ1v) is 5.90. The van der Waals surface area contributed by atoms with E-state index >= 15 is 0 Å². The lowest BCUT2D eigenvalue weighted by atomic mass is 10.3. The van der Waals surface area contributed by atoms with Crippen molar-refractivity contribution in [2.24, 2.45) is 0 Å². The molecule has 0 aliphatic heterocycles. The Hall–Kier alpha value is -0.830. The van der Waals surface area contributed by atoms with Crippen molar-refractivity contribution in [3.05, 3.63) is 0 Å². The zero-order valence-electron chi connectivity index (χ0n) is 8.32. The van der Waals surface area contributed by atoms with Gasteiger partial charge < -0.3 is 9.84 Å². The van der Waals surface area contributed by atoms with Gasteiger partial charge in [-0.15, -0.1) is 0 Å². The average Bonchev–Trinajstić information content (AvgIpc) is 1.99. The summed E-state index contributed by atoms with van der Waals surface area (Å²) >= 11 is 0. The molecule has 0 saturated heterocycles. The lowest BCUT2D eigenvalue weighted by Gasteiger charge is -2.12. The number of aliphatic carboxylic acids is 1. The minimum Gasteiger partial charge on any atom is -0.480 e. The molecule has 0 rings (SSSR count). The minimum absolute atomic E-state index is 0.229. The monoisotopic (exact) mass is 264 g/mol. The number of hydrogen-bond acceptors (Lipinski definition) is 4. The van der Waals surface area contributed by atoms with Gasteiger partial charge in [0.15, 0.2) is 15.1 Å². The molecule has 1 unspecified atom stereocenters. The molecule has 0 spiro atoms. The summed E-state index contributed by atoms with van der Waals surface area (Å²) in [4.78, 5) is 10.5. The molecule has 0 radical (unpaired) electrons. The summed E-state index contributed by atoms with van der Waals surface area (Å²) in [6.45, 7) is -0.414. The van der Waals surface area contributed by atoms with Gasteiger partial charge in [0.05, 0.1) is 0 Å². The van der Waals surface area contributed by atoms with Crippen molar-refractivity contribution >= 4 is 15.8 Å². The van der Waals surface area contributed by atoms with Crippen LogP contribution in [0.25, 0.3) is 0 Å². The molecule has 0 bridgehead atoms. The minimum atomic E-state index is -4.64. The van der Waals surface area contributed by atoms with Crippen molar-refractivity contribution in [1.82, 2.24) is 0 Å². The second kappa shape index (κ2) is 5.48. The molecule has 96 valence electrons. The second-order valence-electron chi connectivity index (χ2n) is 2.98. The topological polar surface area (TPSA) is 80.7 Å².